The monoisotopic (exact) mass is 573 g/mol. The highest BCUT2D eigenvalue weighted by Gasteiger charge is 2.33. The van der Waals surface area contributed by atoms with Crippen LogP contribution in [0.2, 0.25) is 5.02 Å². The second-order valence-electron chi connectivity index (χ2n) is 9.63. The van der Waals surface area contributed by atoms with E-state index in [4.69, 9.17) is 16.3 Å². The Kier molecular flexibility index (Phi) is 7.56. The topological polar surface area (TPSA) is 90.1 Å². The van der Waals surface area contributed by atoms with Crippen molar-refractivity contribution in [1.29, 1.82) is 0 Å². The highest BCUT2D eigenvalue weighted by Crippen LogP contribution is 2.39. The number of benzene rings is 2. The summed E-state index contributed by atoms with van der Waals surface area (Å²) in [5.41, 5.74) is 2.21. The number of alkyl halides is 3. The first-order valence-electron chi connectivity index (χ1n) is 12.6. The number of halogens is 4. The fourth-order valence-corrected chi connectivity index (χ4v) is 4.97. The molecule has 0 spiro atoms. The summed E-state index contributed by atoms with van der Waals surface area (Å²) in [5.74, 6) is -0.443. The molecule has 1 saturated heterocycles. The molecule has 0 unspecified atom stereocenters. The van der Waals surface area contributed by atoms with Crippen molar-refractivity contribution >= 4 is 23.2 Å². The third-order valence-electron chi connectivity index (χ3n) is 7.00. The maximum absolute atomic E-state index is 13.8. The lowest BCUT2D eigenvalue weighted by atomic mass is 10.1. The van der Waals surface area contributed by atoms with Crippen molar-refractivity contribution in [2.24, 2.45) is 7.05 Å². The molecular formula is C27H27ClF3N7O2. The molecule has 2 aromatic carbocycles. The molecule has 1 aliphatic heterocycles. The number of hydrogen-bond acceptors (Lipinski definition) is 6. The molecule has 5 rings (SSSR count). The number of rotatable bonds is 7. The van der Waals surface area contributed by atoms with Crippen molar-refractivity contribution < 1.29 is 22.7 Å². The average Bonchev–Trinajstić information content (AvgIpc) is 3.67. The number of likely N-dealkylation sites (tertiary alicyclic amines) is 1. The summed E-state index contributed by atoms with van der Waals surface area (Å²) in [6.07, 6.45) is 0.705. The number of nitrogens with one attached hydrogen (secondary N) is 1. The number of amides is 1. The van der Waals surface area contributed by atoms with E-state index in [1.54, 1.807) is 17.1 Å². The Balaban J connectivity index is 1.46. The van der Waals surface area contributed by atoms with Gasteiger partial charge in [-0.2, -0.15) is 18.3 Å². The number of nitrogens with zero attached hydrogens (tertiary/aromatic N) is 6. The zero-order valence-electron chi connectivity index (χ0n) is 22.1. The zero-order valence-corrected chi connectivity index (χ0v) is 22.8. The number of carbonyl (C=O) groups is 1. The standard InChI is InChI=1S/C27H27ClF3N7O2/c1-16-20(13-32-36(16)2)23-15-38(35-34-23)24-11-17(6-7-21(24)28)26(39)33-22-12-19(27(29,30)31)10-18(25(22)40-3)14-37-8-4-5-9-37/h6-7,10-13,15H,4-5,8-9,14H2,1-3H3,(H,33,39). The highest BCUT2D eigenvalue weighted by atomic mass is 35.5. The van der Waals surface area contributed by atoms with Crippen molar-refractivity contribution in [3.05, 3.63) is 70.1 Å². The van der Waals surface area contributed by atoms with Crippen LogP contribution < -0.4 is 10.1 Å². The van der Waals surface area contributed by atoms with Gasteiger partial charge in [-0.1, -0.05) is 16.8 Å². The summed E-state index contributed by atoms with van der Waals surface area (Å²) in [5, 5.41) is 15.5. The fourth-order valence-electron chi connectivity index (χ4n) is 4.76. The Morgan fingerprint density at radius 1 is 1.18 bits per heavy atom. The van der Waals surface area contributed by atoms with Gasteiger partial charge in [0.25, 0.3) is 5.91 Å². The van der Waals surface area contributed by atoms with Crippen LogP contribution in [0.1, 0.15) is 40.0 Å². The van der Waals surface area contributed by atoms with Gasteiger partial charge in [-0.15, -0.1) is 5.10 Å². The third kappa shape index (κ3) is 5.54. The van der Waals surface area contributed by atoms with Gasteiger partial charge in [-0.05, 0) is 63.2 Å². The van der Waals surface area contributed by atoms with Crippen LogP contribution in [0.25, 0.3) is 16.9 Å². The van der Waals surface area contributed by atoms with Crippen LogP contribution in [0.5, 0.6) is 5.75 Å². The smallest absolute Gasteiger partial charge is 0.416 e. The van der Waals surface area contributed by atoms with E-state index in [1.807, 2.05) is 14.0 Å². The summed E-state index contributed by atoms with van der Waals surface area (Å²) < 4.78 is 50.0. The Labute approximate surface area is 233 Å². The van der Waals surface area contributed by atoms with E-state index < -0.39 is 17.6 Å². The number of aryl methyl sites for hydroxylation is 1. The molecule has 0 atom stereocenters. The summed E-state index contributed by atoms with van der Waals surface area (Å²) in [4.78, 5) is 15.4. The average molecular weight is 574 g/mol. The second-order valence-corrected chi connectivity index (χ2v) is 10.0. The minimum Gasteiger partial charge on any atom is -0.494 e. The molecule has 0 aliphatic carbocycles. The van der Waals surface area contributed by atoms with Crippen molar-refractivity contribution in [3.8, 4) is 22.7 Å². The Hall–Kier alpha value is -3.90. The number of hydrogen-bond donors (Lipinski definition) is 1. The Morgan fingerprint density at radius 2 is 1.93 bits per heavy atom. The van der Waals surface area contributed by atoms with Crippen molar-refractivity contribution in [3.63, 3.8) is 0 Å². The molecule has 1 fully saturated rings. The first-order valence-corrected chi connectivity index (χ1v) is 13.0. The molecule has 1 N–H and O–H groups in total. The second kappa shape index (κ2) is 10.9. The van der Waals surface area contributed by atoms with Gasteiger partial charge in [0.05, 0.1) is 41.5 Å². The molecule has 3 heterocycles. The van der Waals surface area contributed by atoms with Gasteiger partial charge < -0.3 is 10.1 Å². The first-order chi connectivity index (χ1) is 19.0. The number of ether oxygens (including phenoxy) is 1. The minimum absolute atomic E-state index is 0.0666. The first kappa shape index (κ1) is 27.7. The van der Waals surface area contributed by atoms with Crippen LogP contribution in [0, 0.1) is 6.92 Å². The summed E-state index contributed by atoms with van der Waals surface area (Å²) in [6, 6.07) is 6.47. The molecule has 210 valence electrons. The van der Waals surface area contributed by atoms with E-state index in [2.05, 4.69) is 25.6 Å². The predicted octanol–water partition coefficient (Wildman–Crippen LogP) is 5.51. The van der Waals surface area contributed by atoms with Crippen LogP contribution in [0.3, 0.4) is 0 Å². The largest absolute Gasteiger partial charge is 0.494 e. The van der Waals surface area contributed by atoms with Crippen molar-refractivity contribution in [1.82, 2.24) is 29.7 Å². The number of aromatic nitrogens is 5. The molecule has 0 saturated carbocycles. The van der Waals surface area contributed by atoms with E-state index in [9.17, 15) is 18.0 Å². The lowest BCUT2D eigenvalue weighted by molar-refractivity contribution is -0.137. The predicted molar refractivity (Wildman–Crippen MR) is 144 cm³/mol. The number of anilines is 1. The van der Waals surface area contributed by atoms with Gasteiger partial charge >= 0.3 is 6.18 Å². The molecule has 9 nitrogen and oxygen atoms in total. The maximum Gasteiger partial charge on any atom is 0.416 e. The van der Waals surface area contributed by atoms with E-state index in [0.29, 0.717) is 22.0 Å². The Morgan fingerprint density at radius 3 is 2.58 bits per heavy atom. The van der Waals surface area contributed by atoms with Gasteiger partial charge in [-0.25, -0.2) is 4.68 Å². The summed E-state index contributed by atoms with van der Waals surface area (Å²) in [7, 11) is 3.19. The van der Waals surface area contributed by atoms with Crippen LogP contribution in [-0.4, -0.2) is 55.8 Å². The summed E-state index contributed by atoms with van der Waals surface area (Å²) >= 11 is 6.42. The highest BCUT2D eigenvalue weighted by molar-refractivity contribution is 6.32. The van der Waals surface area contributed by atoms with Gasteiger partial charge in [0, 0.05) is 36.0 Å². The van der Waals surface area contributed by atoms with Crippen LogP contribution in [0.15, 0.2) is 42.7 Å². The molecule has 1 amide bonds. The molecule has 0 bridgehead atoms. The van der Waals surface area contributed by atoms with E-state index in [-0.39, 0.29) is 23.5 Å². The number of carbonyl (C=O) groups excluding carboxylic acids is 1. The van der Waals surface area contributed by atoms with E-state index in [0.717, 1.165) is 49.3 Å². The lowest BCUT2D eigenvalue weighted by Crippen LogP contribution is -2.21. The quantitative estimate of drug-likeness (QED) is 0.314. The van der Waals surface area contributed by atoms with Gasteiger partial charge in [0.2, 0.25) is 0 Å². The van der Waals surface area contributed by atoms with E-state index >= 15 is 0 Å². The maximum atomic E-state index is 13.8. The summed E-state index contributed by atoms with van der Waals surface area (Å²) in [6.45, 7) is 3.77. The van der Waals surface area contributed by atoms with E-state index in [1.165, 1.54) is 30.0 Å². The fraction of sp³-hybridized carbons (Fsp3) is 0.333. The molecule has 1 aliphatic rings. The van der Waals surface area contributed by atoms with Gasteiger partial charge in [0.1, 0.15) is 11.4 Å². The molecule has 2 aromatic heterocycles. The number of methoxy groups -OCH3 is 1. The molecular weight excluding hydrogens is 547 g/mol. The molecule has 13 heteroatoms. The minimum atomic E-state index is -4.60. The SMILES string of the molecule is COc1c(CN2CCCC2)cc(C(F)(F)F)cc1NC(=O)c1ccc(Cl)c(-n2cc(-c3cnn(C)c3C)nn2)c1. The van der Waals surface area contributed by atoms with Gasteiger partial charge in [0.15, 0.2) is 0 Å². The van der Waals surface area contributed by atoms with Crippen molar-refractivity contribution in [2.45, 2.75) is 32.5 Å². The molecule has 40 heavy (non-hydrogen) atoms. The van der Waals surface area contributed by atoms with Crippen LogP contribution >= 0.6 is 11.6 Å². The normalized spacial score (nSPS) is 14.1. The van der Waals surface area contributed by atoms with Gasteiger partial charge in [-0.3, -0.25) is 14.4 Å². The third-order valence-corrected chi connectivity index (χ3v) is 7.32. The lowest BCUT2D eigenvalue weighted by Gasteiger charge is -2.21. The van der Waals surface area contributed by atoms with Crippen molar-refractivity contribution in [2.75, 3.05) is 25.5 Å². The Bertz CT molecular complexity index is 1560. The molecule has 0 radical (unpaired) electrons. The van der Waals surface area contributed by atoms with Crippen LogP contribution in [-0.2, 0) is 19.8 Å². The molecule has 4 aromatic rings. The zero-order chi connectivity index (χ0) is 28.6. The van der Waals surface area contributed by atoms with Crippen LogP contribution in [0.4, 0.5) is 18.9 Å².